The molecule has 3 rings (SSSR count). The van der Waals surface area contributed by atoms with Gasteiger partial charge in [0.15, 0.2) is 6.10 Å². The van der Waals surface area contributed by atoms with Gasteiger partial charge in [0.25, 0.3) is 5.91 Å². The summed E-state index contributed by atoms with van der Waals surface area (Å²) in [5.41, 5.74) is 4.32. The van der Waals surface area contributed by atoms with E-state index in [-0.39, 0.29) is 0 Å². The fourth-order valence-electron chi connectivity index (χ4n) is 2.50. The van der Waals surface area contributed by atoms with Gasteiger partial charge in [-0.15, -0.1) is 0 Å². The number of nitrogens with zero attached hydrogens (tertiary/aromatic N) is 1. The van der Waals surface area contributed by atoms with E-state index in [0.29, 0.717) is 28.2 Å². The zero-order chi connectivity index (χ0) is 21.3. The van der Waals surface area contributed by atoms with Crippen LogP contribution in [0, 0.1) is 0 Å². The molecule has 30 heavy (non-hydrogen) atoms. The third kappa shape index (κ3) is 6.51. The SMILES string of the molecule is CC(Oc1ccc(Cl)cc1Cl)C(=O)N/N=C/c1cccc(OCc2ccccc2)c1. The van der Waals surface area contributed by atoms with Crippen LogP contribution in [0.1, 0.15) is 18.1 Å². The normalized spacial score (nSPS) is 11.8. The molecule has 0 heterocycles. The van der Waals surface area contributed by atoms with E-state index >= 15 is 0 Å². The second-order valence-electron chi connectivity index (χ2n) is 6.42. The predicted molar refractivity (Wildman–Crippen MR) is 120 cm³/mol. The number of amides is 1. The van der Waals surface area contributed by atoms with E-state index in [1.807, 2.05) is 54.6 Å². The van der Waals surface area contributed by atoms with E-state index in [0.717, 1.165) is 11.1 Å². The second-order valence-corrected chi connectivity index (χ2v) is 7.26. The second kappa shape index (κ2) is 10.7. The molecule has 0 saturated heterocycles. The molecule has 1 unspecified atom stereocenters. The molecule has 0 aromatic heterocycles. The van der Waals surface area contributed by atoms with Crippen molar-refractivity contribution in [1.82, 2.24) is 5.43 Å². The Balaban J connectivity index is 1.52. The van der Waals surface area contributed by atoms with E-state index in [1.54, 1.807) is 25.1 Å². The van der Waals surface area contributed by atoms with E-state index in [9.17, 15) is 4.79 Å². The van der Waals surface area contributed by atoms with Gasteiger partial charge in [0, 0.05) is 5.02 Å². The number of hydrazone groups is 1. The lowest BCUT2D eigenvalue weighted by Crippen LogP contribution is -2.33. The summed E-state index contributed by atoms with van der Waals surface area (Å²) in [5.74, 6) is 0.674. The van der Waals surface area contributed by atoms with E-state index in [2.05, 4.69) is 10.5 Å². The highest BCUT2D eigenvalue weighted by Gasteiger charge is 2.15. The van der Waals surface area contributed by atoms with Crippen molar-refractivity contribution < 1.29 is 14.3 Å². The summed E-state index contributed by atoms with van der Waals surface area (Å²) in [5, 5.41) is 4.81. The Morgan fingerprint density at radius 1 is 1.07 bits per heavy atom. The highest BCUT2D eigenvalue weighted by Crippen LogP contribution is 2.28. The lowest BCUT2D eigenvalue weighted by molar-refractivity contribution is -0.127. The fourth-order valence-corrected chi connectivity index (χ4v) is 2.95. The molecular weight excluding hydrogens is 423 g/mol. The summed E-state index contributed by atoms with van der Waals surface area (Å²) in [4.78, 5) is 12.2. The van der Waals surface area contributed by atoms with Crippen molar-refractivity contribution >= 4 is 35.3 Å². The summed E-state index contributed by atoms with van der Waals surface area (Å²) in [7, 11) is 0. The van der Waals surface area contributed by atoms with Gasteiger partial charge in [-0.3, -0.25) is 4.79 Å². The Bertz CT molecular complexity index is 1030. The number of carbonyl (C=O) groups is 1. The number of hydrogen-bond donors (Lipinski definition) is 1. The first-order valence-electron chi connectivity index (χ1n) is 9.22. The minimum atomic E-state index is -0.790. The van der Waals surface area contributed by atoms with Crippen molar-refractivity contribution in [2.75, 3.05) is 0 Å². The first-order chi connectivity index (χ1) is 14.5. The first kappa shape index (κ1) is 21.7. The average molecular weight is 443 g/mol. The van der Waals surface area contributed by atoms with Gasteiger partial charge in [0.2, 0.25) is 0 Å². The van der Waals surface area contributed by atoms with Crippen molar-refractivity contribution in [2.45, 2.75) is 19.6 Å². The summed E-state index contributed by atoms with van der Waals surface area (Å²) in [6.45, 7) is 2.08. The van der Waals surface area contributed by atoms with Crippen LogP contribution in [0.3, 0.4) is 0 Å². The summed E-state index contributed by atoms with van der Waals surface area (Å²) in [6, 6.07) is 22.1. The molecule has 1 N–H and O–H groups in total. The number of nitrogens with one attached hydrogen (secondary N) is 1. The number of hydrogen-bond acceptors (Lipinski definition) is 4. The van der Waals surface area contributed by atoms with Crippen LogP contribution < -0.4 is 14.9 Å². The number of benzene rings is 3. The largest absolute Gasteiger partial charge is 0.489 e. The maximum absolute atomic E-state index is 12.2. The highest BCUT2D eigenvalue weighted by molar-refractivity contribution is 6.35. The molecule has 0 saturated carbocycles. The highest BCUT2D eigenvalue weighted by atomic mass is 35.5. The molecule has 0 radical (unpaired) electrons. The molecular formula is C23H20Cl2N2O3. The zero-order valence-corrected chi connectivity index (χ0v) is 17.7. The van der Waals surface area contributed by atoms with Gasteiger partial charge in [-0.25, -0.2) is 5.43 Å². The molecule has 3 aromatic carbocycles. The fraction of sp³-hybridized carbons (Fsp3) is 0.130. The summed E-state index contributed by atoms with van der Waals surface area (Å²) < 4.78 is 11.4. The predicted octanol–water partition coefficient (Wildman–Crippen LogP) is 5.49. The smallest absolute Gasteiger partial charge is 0.280 e. The Morgan fingerprint density at radius 3 is 2.63 bits per heavy atom. The van der Waals surface area contributed by atoms with Crippen LogP contribution in [0.15, 0.2) is 77.9 Å². The third-order valence-electron chi connectivity index (χ3n) is 4.06. The Labute approximate surface area is 185 Å². The molecule has 1 amide bonds. The van der Waals surface area contributed by atoms with Crippen LogP contribution in [0.2, 0.25) is 10.0 Å². The van der Waals surface area contributed by atoms with Crippen LogP contribution in [-0.2, 0) is 11.4 Å². The molecule has 0 fully saturated rings. The molecule has 1 atom stereocenters. The van der Waals surface area contributed by atoms with Crippen molar-refractivity contribution in [2.24, 2.45) is 5.10 Å². The number of carbonyl (C=O) groups excluding carboxylic acids is 1. The Kier molecular flexibility index (Phi) is 7.71. The minimum absolute atomic E-state index is 0.331. The molecule has 7 heteroatoms. The van der Waals surface area contributed by atoms with Gasteiger partial charge in [0.1, 0.15) is 18.1 Å². The monoisotopic (exact) mass is 442 g/mol. The van der Waals surface area contributed by atoms with Crippen molar-refractivity contribution in [1.29, 1.82) is 0 Å². The van der Waals surface area contributed by atoms with Gasteiger partial charge < -0.3 is 9.47 Å². The molecule has 0 aliphatic rings. The van der Waals surface area contributed by atoms with Gasteiger partial charge in [0.05, 0.1) is 11.2 Å². The maximum atomic E-state index is 12.2. The van der Waals surface area contributed by atoms with Gasteiger partial charge in [-0.1, -0.05) is 65.7 Å². The number of halogens is 2. The van der Waals surface area contributed by atoms with E-state index < -0.39 is 12.0 Å². The first-order valence-corrected chi connectivity index (χ1v) is 9.98. The number of ether oxygens (including phenoxy) is 2. The van der Waals surface area contributed by atoms with Crippen LogP contribution in [0.25, 0.3) is 0 Å². The van der Waals surface area contributed by atoms with Crippen LogP contribution in [0.4, 0.5) is 0 Å². The average Bonchev–Trinajstić information content (AvgIpc) is 2.75. The molecule has 5 nitrogen and oxygen atoms in total. The molecule has 0 aliphatic heterocycles. The van der Waals surface area contributed by atoms with Crippen LogP contribution in [0.5, 0.6) is 11.5 Å². The van der Waals surface area contributed by atoms with Gasteiger partial charge in [-0.05, 0) is 48.4 Å². The zero-order valence-electron chi connectivity index (χ0n) is 16.2. The molecule has 0 bridgehead atoms. The lowest BCUT2D eigenvalue weighted by atomic mass is 10.2. The van der Waals surface area contributed by atoms with Crippen LogP contribution in [-0.4, -0.2) is 18.2 Å². The van der Waals surface area contributed by atoms with Crippen molar-refractivity contribution in [3.8, 4) is 11.5 Å². The third-order valence-corrected chi connectivity index (χ3v) is 4.59. The minimum Gasteiger partial charge on any atom is -0.489 e. The van der Waals surface area contributed by atoms with Gasteiger partial charge >= 0.3 is 0 Å². The Morgan fingerprint density at radius 2 is 1.87 bits per heavy atom. The quantitative estimate of drug-likeness (QED) is 0.370. The maximum Gasteiger partial charge on any atom is 0.280 e. The molecule has 0 aliphatic carbocycles. The molecule has 3 aromatic rings. The standard InChI is InChI=1S/C23H20Cl2N2O3/c1-16(30-22-11-10-19(24)13-21(22)25)23(28)27-26-14-18-8-5-9-20(12-18)29-15-17-6-3-2-4-7-17/h2-14,16H,15H2,1H3,(H,27,28)/b26-14+. The molecule has 154 valence electrons. The lowest BCUT2D eigenvalue weighted by Gasteiger charge is -2.14. The number of rotatable bonds is 8. The van der Waals surface area contributed by atoms with Crippen LogP contribution >= 0.6 is 23.2 Å². The Hall–Kier alpha value is -3.02. The molecule has 0 spiro atoms. The van der Waals surface area contributed by atoms with Gasteiger partial charge in [-0.2, -0.15) is 5.10 Å². The van der Waals surface area contributed by atoms with Crippen molar-refractivity contribution in [3.63, 3.8) is 0 Å². The summed E-state index contributed by atoms with van der Waals surface area (Å²) in [6.07, 6.45) is 0.747. The topological polar surface area (TPSA) is 59.9 Å². The van der Waals surface area contributed by atoms with E-state index in [4.69, 9.17) is 32.7 Å². The summed E-state index contributed by atoms with van der Waals surface area (Å²) >= 11 is 11.9. The van der Waals surface area contributed by atoms with E-state index in [1.165, 1.54) is 6.21 Å². The van der Waals surface area contributed by atoms with Crippen molar-refractivity contribution in [3.05, 3.63) is 94.0 Å².